The molecule has 2 heterocycles. The lowest BCUT2D eigenvalue weighted by Gasteiger charge is -2.19. The quantitative estimate of drug-likeness (QED) is 0.889. The molecule has 4 nitrogen and oxygen atoms in total. The van der Waals surface area contributed by atoms with E-state index in [1.807, 2.05) is 37.4 Å². The van der Waals surface area contributed by atoms with Gasteiger partial charge in [0, 0.05) is 22.8 Å². The fourth-order valence-corrected chi connectivity index (χ4v) is 2.53. The van der Waals surface area contributed by atoms with E-state index in [4.69, 9.17) is 0 Å². The molecule has 0 saturated heterocycles. The second-order valence-corrected chi connectivity index (χ2v) is 5.89. The Bertz CT molecular complexity index is 567. The molecular formula is C15H18N2O2S. The average Bonchev–Trinajstić information content (AvgIpc) is 2.98. The summed E-state index contributed by atoms with van der Waals surface area (Å²) in [5.41, 5.74) is 1.44. The van der Waals surface area contributed by atoms with E-state index >= 15 is 0 Å². The van der Waals surface area contributed by atoms with E-state index in [1.165, 1.54) is 0 Å². The lowest BCUT2D eigenvalue weighted by molar-refractivity contribution is 0.0896. The first-order chi connectivity index (χ1) is 9.61. The molecule has 5 heteroatoms. The largest absolute Gasteiger partial charge is 0.394 e. The van der Waals surface area contributed by atoms with Gasteiger partial charge < -0.3 is 10.4 Å². The zero-order valence-electron chi connectivity index (χ0n) is 11.5. The van der Waals surface area contributed by atoms with Gasteiger partial charge in [-0.15, -0.1) is 11.3 Å². The normalized spacial score (nSPS) is 12.4. The van der Waals surface area contributed by atoms with Gasteiger partial charge in [-0.1, -0.05) is 19.9 Å². The Balaban J connectivity index is 2.17. The van der Waals surface area contributed by atoms with Gasteiger partial charge in [0.2, 0.25) is 0 Å². The van der Waals surface area contributed by atoms with Gasteiger partial charge in [-0.05, 0) is 23.4 Å². The van der Waals surface area contributed by atoms with Gasteiger partial charge in [0.05, 0.1) is 18.2 Å². The number of rotatable bonds is 5. The number of amides is 1. The van der Waals surface area contributed by atoms with Gasteiger partial charge in [0.25, 0.3) is 5.91 Å². The van der Waals surface area contributed by atoms with E-state index in [0.29, 0.717) is 5.56 Å². The molecule has 0 aromatic carbocycles. The van der Waals surface area contributed by atoms with E-state index in [9.17, 15) is 9.90 Å². The standard InChI is InChI=1S/C15H18N2O2S/c1-10(2)13(9-18)17-15(19)12-6-11(7-16-8-12)14-4-3-5-20-14/h3-8,10,13,18H,9H2,1-2H3,(H,17,19). The second kappa shape index (κ2) is 6.63. The maximum atomic E-state index is 12.2. The van der Waals surface area contributed by atoms with E-state index in [-0.39, 0.29) is 24.5 Å². The molecule has 1 unspecified atom stereocenters. The molecular weight excluding hydrogens is 272 g/mol. The Labute approximate surface area is 122 Å². The summed E-state index contributed by atoms with van der Waals surface area (Å²) >= 11 is 1.61. The third-order valence-corrected chi connectivity index (χ3v) is 4.04. The van der Waals surface area contributed by atoms with Crippen LogP contribution in [0.2, 0.25) is 0 Å². The number of thiophene rings is 1. The monoisotopic (exact) mass is 290 g/mol. The van der Waals surface area contributed by atoms with Crippen LogP contribution in [0.4, 0.5) is 0 Å². The molecule has 0 bridgehead atoms. The molecule has 0 fully saturated rings. The number of aliphatic hydroxyl groups excluding tert-OH is 1. The molecule has 0 radical (unpaired) electrons. The Morgan fingerprint density at radius 2 is 2.25 bits per heavy atom. The van der Waals surface area contributed by atoms with Crippen LogP contribution < -0.4 is 5.32 Å². The number of nitrogens with one attached hydrogen (secondary N) is 1. The zero-order valence-corrected chi connectivity index (χ0v) is 12.4. The lowest BCUT2D eigenvalue weighted by Crippen LogP contribution is -2.41. The van der Waals surface area contributed by atoms with Crippen molar-refractivity contribution in [3.05, 3.63) is 41.5 Å². The summed E-state index contributed by atoms with van der Waals surface area (Å²) in [7, 11) is 0. The van der Waals surface area contributed by atoms with Crippen molar-refractivity contribution in [2.45, 2.75) is 19.9 Å². The molecule has 1 amide bonds. The highest BCUT2D eigenvalue weighted by atomic mass is 32.1. The van der Waals surface area contributed by atoms with Gasteiger partial charge in [0.15, 0.2) is 0 Å². The van der Waals surface area contributed by atoms with Crippen molar-refractivity contribution >= 4 is 17.2 Å². The van der Waals surface area contributed by atoms with Crippen molar-refractivity contribution in [2.75, 3.05) is 6.61 Å². The summed E-state index contributed by atoms with van der Waals surface area (Å²) in [5.74, 6) is -0.0268. The number of carbonyl (C=O) groups excluding carboxylic acids is 1. The van der Waals surface area contributed by atoms with Crippen molar-refractivity contribution in [3.8, 4) is 10.4 Å². The van der Waals surface area contributed by atoms with Crippen molar-refractivity contribution in [1.82, 2.24) is 10.3 Å². The van der Waals surface area contributed by atoms with Crippen LogP contribution >= 0.6 is 11.3 Å². The Kier molecular flexibility index (Phi) is 4.87. The summed E-state index contributed by atoms with van der Waals surface area (Å²) in [5, 5.41) is 14.1. The van der Waals surface area contributed by atoms with E-state index in [2.05, 4.69) is 10.3 Å². The van der Waals surface area contributed by atoms with E-state index in [1.54, 1.807) is 23.7 Å². The van der Waals surface area contributed by atoms with Crippen LogP contribution in [0.15, 0.2) is 36.0 Å². The first-order valence-corrected chi connectivity index (χ1v) is 7.40. The molecule has 2 aromatic rings. The molecule has 0 spiro atoms. The van der Waals surface area contributed by atoms with E-state index in [0.717, 1.165) is 10.4 Å². The molecule has 0 aliphatic rings. The molecule has 20 heavy (non-hydrogen) atoms. The lowest BCUT2D eigenvalue weighted by atomic mass is 10.0. The third kappa shape index (κ3) is 3.43. The summed E-state index contributed by atoms with van der Waals surface area (Å²) in [6.07, 6.45) is 3.29. The molecule has 0 saturated carbocycles. The Morgan fingerprint density at radius 1 is 1.45 bits per heavy atom. The van der Waals surface area contributed by atoms with Crippen LogP contribution in [0.25, 0.3) is 10.4 Å². The number of aliphatic hydroxyl groups is 1. The third-order valence-electron chi connectivity index (χ3n) is 3.12. The van der Waals surface area contributed by atoms with Crippen LogP contribution in [0.3, 0.4) is 0 Å². The van der Waals surface area contributed by atoms with Crippen LogP contribution in [-0.2, 0) is 0 Å². The summed E-state index contributed by atoms with van der Waals surface area (Å²) in [6, 6.07) is 5.54. The predicted molar refractivity (Wildman–Crippen MR) is 80.7 cm³/mol. The Hall–Kier alpha value is -1.72. The number of pyridine rings is 1. The highest BCUT2D eigenvalue weighted by Gasteiger charge is 2.16. The van der Waals surface area contributed by atoms with Crippen molar-refractivity contribution in [1.29, 1.82) is 0 Å². The number of carbonyl (C=O) groups is 1. The summed E-state index contributed by atoms with van der Waals surface area (Å²) in [4.78, 5) is 17.4. The van der Waals surface area contributed by atoms with Crippen LogP contribution in [0.1, 0.15) is 24.2 Å². The molecule has 0 aliphatic carbocycles. The van der Waals surface area contributed by atoms with Crippen molar-refractivity contribution < 1.29 is 9.90 Å². The highest BCUT2D eigenvalue weighted by molar-refractivity contribution is 7.13. The first-order valence-electron chi connectivity index (χ1n) is 6.52. The van der Waals surface area contributed by atoms with Gasteiger partial charge in [-0.2, -0.15) is 0 Å². The Morgan fingerprint density at radius 3 is 2.85 bits per heavy atom. The SMILES string of the molecule is CC(C)C(CO)NC(=O)c1cncc(-c2cccs2)c1. The smallest absolute Gasteiger partial charge is 0.253 e. The first kappa shape index (κ1) is 14.7. The number of hydrogen-bond donors (Lipinski definition) is 2. The minimum atomic E-state index is -0.243. The fraction of sp³-hybridized carbons (Fsp3) is 0.333. The van der Waals surface area contributed by atoms with Gasteiger partial charge in [0.1, 0.15) is 0 Å². The molecule has 2 N–H and O–H groups in total. The zero-order chi connectivity index (χ0) is 14.5. The number of hydrogen-bond acceptors (Lipinski definition) is 4. The van der Waals surface area contributed by atoms with Gasteiger partial charge >= 0.3 is 0 Å². The maximum absolute atomic E-state index is 12.2. The minimum absolute atomic E-state index is 0.0680. The van der Waals surface area contributed by atoms with Crippen molar-refractivity contribution in [2.24, 2.45) is 5.92 Å². The molecule has 106 valence electrons. The summed E-state index contributed by atoms with van der Waals surface area (Å²) < 4.78 is 0. The van der Waals surface area contributed by atoms with Crippen molar-refractivity contribution in [3.63, 3.8) is 0 Å². The average molecular weight is 290 g/mol. The topological polar surface area (TPSA) is 62.2 Å². The number of nitrogens with zero attached hydrogens (tertiary/aromatic N) is 1. The summed E-state index contributed by atoms with van der Waals surface area (Å²) in [6.45, 7) is 3.85. The van der Waals surface area contributed by atoms with Crippen LogP contribution in [0, 0.1) is 5.92 Å². The fourth-order valence-electron chi connectivity index (χ4n) is 1.82. The van der Waals surface area contributed by atoms with Gasteiger partial charge in [-0.25, -0.2) is 0 Å². The number of aromatic nitrogens is 1. The molecule has 2 rings (SSSR count). The van der Waals surface area contributed by atoms with Gasteiger partial charge in [-0.3, -0.25) is 9.78 Å². The second-order valence-electron chi connectivity index (χ2n) is 4.95. The van der Waals surface area contributed by atoms with Crippen LogP contribution in [-0.4, -0.2) is 28.6 Å². The highest BCUT2D eigenvalue weighted by Crippen LogP contribution is 2.24. The molecule has 1 atom stereocenters. The van der Waals surface area contributed by atoms with Crippen LogP contribution in [0.5, 0.6) is 0 Å². The predicted octanol–water partition coefficient (Wildman–Crippen LogP) is 2.56. The minimum Gasteiger partial charge on any atom is -0.394 e. The van der Waals surface area contributed by atoms with E-state index < -0.39 is 0 Å². The molecule has 0 aliphatic heterocycles. The molecule has 2 aromatic heterocycles. The maximum Gasteiger partial charge on any atom is 0.253 e.